The molecule has 0 radical (unpaired) electrons. The van der Waals surface area contributed by atoms with Gasteiger partial charge in [-0.25, -0.2) is 9.59 Å². The SMILES string of the molecule is C=CC(=O)O.CCCNC(=O)OCC. The summed E-state index contributed by atoms with van der Waals surface area (Å²) < 4.78 is 4.59. The summed E-state index contributed by atoms with van der Waals surface area (Å²) >= 11 is 0. The van der Waals surface area contributed by atoms with Gasteiger partial charge in [0.05, 0.1) is 6.61 Å². The second-order valence-electron chi connectivity index (χ2n) is 2.19. The molecule has 0 aromatic carbocycles. The molecule has 82 valence electrons. The molecule has 1 amide bonds. The molecule has 0 aliphatic carbocycles. The van der Waals surface area contributed by atoms with Crippen molar-refractivity contribution in [1.82, 2.24) is 5.32 Å². The summed E-state index contributed by atoms with van der Waals surface area (Å²) in [4.78, 5) is 19.7. The minimum atomic E-state index is -0.981. The minimum Gasteiger partial charge on any atom is -0.478 e. The first-order valence-electron chi connectivity index (χ1n) is 4.34. The number of carbonyl (C=O) groups excluding carboxylic acids is 1. The monoisotopic (exact) mass is 203 g/mol. The van der Waals surface area contributed by atoms with Crippen LogP contribution in [-0.2, 0) is 9.53 Å². The third kappa shape index (κ3) is 16.8. The van der Waals surface area contributed by atoms with Gasteiger partial charge in [0.15, 0.2) is 0 Å². The molecule has 14 heavy (non-hydrogen) atoms. The Hall–Kier alpha value is -1.52. The van der Waals surface area contributed by atoms with Gasteiger partial charge in [0.1, 0.15) is 0 Å². The molecule has 0 atom stereocenters. The van der Waals surface area contributed by atoms with Gasteiger partial charge in [0.25, 0.3) is 0 Å². The molecule has 0 saturated carbocycles. The molecule has 0 aromatic rings. The van der Waals surface area contributed by atoms with E-state index in [1.54, 1.807) is 6.92 Å². The predicted octanol–water partition coefficient (Wildman–Crippen LogP) is 1.40. The zero-order valence-electron chi connectivity index (χ0n) is 8.58. The first-order valence-corrected chi connectivity index (χ1v) is 4.34. The van der Waals surface area contributed by atoms with E-state index < -0.39 is 5.97 Å². The van der Waals surface area contributed by atoms with Gasteiger partial charge in [-0.2, -0.15) is 0 Å². The van der Waals surface area contributed by atoms with Gasteiger partial charge < -0.3 is 15.2 Å². The molecular formula is C9H17NO4. The zero-order valence-corrected chi connectivity index (χ0v) is 8.58. The number of aliphatic carboxylic acids is 1. The van der Waals surface area contributed by atoms with Crippen LogP contribution in [0.2, 0.25) is 0 Å². The van der Waals surface area contributed by atoms with Crippen molar-refractivity contribution in [3.8, 4) is 0 Å². The Labute approximate surface area is 83.8 Å². The quantitative estimate of drug-likeness (QED) is 0.677. The second kappa shape index (κ2) is 11.5. The van der Waals surface area contributed by atoms with Crippen LogP contribution in [-0.4, -0.2) is 30.3 Å². The largest absolute Gasteiger partial charge is 0.478 e. The Morgan fingerprint density at radius 3 is 2.29 bits per heavy atom. The highest BCUT2D eigenvalue weighted by molar-refractivity contribution is 5.78. The molecule has 0 rings (SSSR count). The smallest absolute Gasteiger partial charge is 0.407 e. The zero-order chi connectivity index (χ0) is 11.4. The van der Waals surface area contributed by atoms with Gasteiger partial charge in [-0.15, -0.1) is 0 Å². The van der Waals surface area contributed by atoms with E-state index in [1.807, 2.05) is 6.92 Å². The third-order valence-corrected chi connectivity index (χ3v) is 0.969. The number of carbonyl (C=O) groups is 2. The number of hydrogen-bond donors (Lipinski definition) is 2. The van der Waals surface area contributed by atoms with Crippen molar-refractivity contribution in [2.24, 2.45) is 0 Å². The summed E-state index contributed by atoms with van der Waals surface area (Å²) in [5, 5.41) is 10.2. The van der Waals surface area contributed by atoms with E-state index >= 15 is 0 Å². The summed E-state index contributed by atoms with van der Waals surface area (Å²) in [5.41, 5.74) is 0. The summed E-state index contributed by atoms with van der Waals surface area (Å²) in [6.07, 6.45) is 1.46. The highest BCUT2D eigenvalue weighted by atomic mass is 16.5. The van der Waals surface area contributed by atoms with E-state index in [2.05, 4.69) is 16.6 Å². The molecular weight excluding hydrogens is 186 g/mol. The lowest BCUT2D eigenvalue weighted by molar-refractivity contribution is -0.131. The molecule has 0 aliphatic rings. The van der Waals surface area contributed by atoms with Gasteiger partial charge in [0.2, 0.25) is 0 Å². The lowest BCUT2D eigenvalue weighted by Crippen LogP contribution is -2.24. The fraction of sp³-hybridized carbons (Fsp3) is 0.556. The van der Waals surface area contributed by atoms with Crippen LogP contribution >= 0.6 is 0 Å². The number of hydrogen-bond acceptors (Lipinski definition) is 3. The number of nitrogens with one attached hydrogen (secondary N) is 1. The van der Waals surface area contributed by atoms with Gasteiger partial charge in [-0.1, -0.05) is 13.5 Å². The number of rotatable bonds is 4. The van der Waals surface area contributed by atoms with Crippen LogP contribution in [0.5, 0.6) is 0 Å². The van der Waals surface area contributed by atoms with E-state index in [-0.39, 0.29) is 6.09 Å². The van der Waals surface area contributed by atoms with Crippen molar-refractivity contribution >= 4 is 12.1 Å². The lowest BCUT2D eigenvalue weighted by Gasteiger charge is -2.01. The van der Waals surface area contributed by atoms with Crippen LogP contribution in [0, 0.1) is 0 Å². The average molecular weight is 203 g/mol. The molecule has 0 unspecified atom stereocenters. The van der Waals surface area contributed by atoms with E-state index in [9.17, 15) is 9.59 Å². The standard InChI is InChI=1S/C6H13NO2.C3H4O2/c1-3-5-7-6(8)9-4-2;1-2-3(4)5/h3-5H2,1-2H3,(H,7,8);2H,1H2,(H,4,5). The van der Waals surface area contributed by atoms with Crippen LogP contribution < -0.4 is 5.32 Å². The lowest BCUT2D eigenvalue weighted by atomic mass is 10.5. The summed E-state index contributed by atoms with van der Waals surface area (Å²) in [6, 6.07) is 0. The van der Waals surface area contributed by atoms with Crippen molar-refractivity contribution in [1.29, 1.82) is 0 Å². The highest BCUT2D eigenvalue weighted by Gasteiger charge is 1.94. The molecule has 0 aromatic heterocycles. The molecule has 0 bridgehead atoms. The van der Waals surface area contributed by atoms with Crippen molar-refractivity contribution < 1.29 is 19.4 Å². The van der Waals surface area contributed by atoms with Crippen LogP contribution in [0.4, 0.5) is 4.79 Å². The number of carboxylic acids is 1. The van der Waals surface area contributed by atoms with Crippen LogP contribution in [0.3, 0.4) is 0 Å². The molecule has 0 aliphatic heterocycles. The van der Waals surface area contributed by atoms with Crippen molar-refractivity contribution in [2.45, 2.75) is 20.3 Å². The van der Waals surface area contributed by atoms with E-state index in [0.717, 1.165) is 12.5 Å². The van der Waals surface area contributed by atoms with E-state index in [4.69, 9.17) is 5.11 Å². The molecule has 2 N–H and O–H groups in total. The maximum Gasteiger partial charge on any atom is 0.407 e. The summed E-state index contributed by atoms with van der Waals surface area (Å²) in [5.74, 6) is -0.981. The Balaban J connectivity index is 0. The molecule has 0 saturated heterocycles. The van der Waals surface area contributed by atoms with E-state index in [1.165, 1.54) is 0 Å². The topological polar surface area (TPSA) is 75.6 Å². The Morgan fingerprint density at radius 1 is 1.50 bits per heavy atom. The minimum absolute atomic E-state index is 0.320. The van der Waals surface area contributed by atoms with Crippen molar-refractivity contribution in [3.63, 3.8) is 0 Å². The number of ether oxygens (including phenoxy) is 1. The highest BCUT2D eigenvalue weighted by Crippen LogP contribution is 1.76. The van der Waals surface area contributed by atoms with Crippen molar-refractivity contribution in [2.75, 3.05) is 13.2 Å². The maximum absolute atomic E-state index is 10.5. The first kappa shape index (κ1) is 15.0. The molecule has 0 heterocycles. The molecule has 0 spiro atoms. The summed E-state index contributed by atoms with van der Waals surface area (Å²) in [6.45, 7) is 7.87. The van der Waals surface area contributed by atoms with Crippen LogP contribution in [0.15, 0.2) is 12.7 Å². The van der Waals surface area contributed by atoms with Crippen LogP contribution in [0.1, 0.15) is 20.3 Å². The Morgan fingerprint density at radius 2 is 2.00 bits per heavy atom. The van der Waals surface area contributed by atoms with Gasteiger partial charge >= 0.3 is 12.1 Å². The Kier molecular flexibility index (Phi) is 12.3. The number of alkyl carbamates (subject to hydrolysis) is 1. The number of amides is 1. The fourth-order valence-electron chi connectivity index (χ4n) is 0.409. The first-order chi connectivity index (χ1) is 6.58. The average Bonchev–Trinajstić information content (AvgIpc) is 2.16. The fourth-order valence-corrected chi connectivity index (χ4v) is 0.409. The maximum atomic E-state index is 10.5. The van der Waals surface area contributed by atoms with Crippen LogP contribution in [0.25, 0.3) is 0 Å². The van der Waals surface area contributed by atoms with Gasteiger partial charge in [0, 0.05) is 12.6 Å². The van der Waals surface area contributed by atoms with Gasteiger partial charge in [-0.3, -0.25) is 0 Å². The molecule has 5 nitrogen and oxygen atoms in total. The predicted molar refractivity (Wildman–Crippen MR) is 53.1 cm³/mol. The number of carboxylic acid groups (broad SMARTS) is 1. The van der Waals surface area contributed by atoms with Gasteiger partial charge in [-0.05, 0) is 13.3 Å². The Bertz CT molecular complexity index is 180. The molecule has 5 heteroatoms. The second-order valence-corrected chi connectivity index (χ2v) is 2.19. The molecule has 0 fully saturated rings. The third-order valence-electron chi connectivity index (χ3n) is 0.969. The normalized spacial score (nSPS) is 7.86. The van der Waals surface area contributed by atoms with Crippen molar-refractivity contribution in [3.05, 3.63) is 12.7 Å². The van der Waals surface area contributed by atoms with E-state index in [0.29, 0.717) is 13.2 Å². The summed E-state index contributed by atoms with van der Waals surface area (Å²) in [7, 11) is 0.